The average Bonchev–Trinajstić information content (AvgIpc) is 2.53. The fourth-order valence-corrected chi connectivity index (χ4v) is 2.15. The molecule has 0 aromatic heterocycles. The Morgan fingerprint density at radius 1 is 0.808 bits per heavy atom. The highest BCUT2D eigenvalue weighted by Gasteiger charge is 2.09. The topological polar surface area (TPSA) is 148 Å². The van der Waals surface area contributed by atoms with Crippen molar-refractivity contribution in [3.05, 3.63) is 24.3 Å². The van der Waals surface area contributed by atoms with E-state index in [1.54, 1.807) is 13.8 Å². The van der Waals surface area contributed by atoms with E-state index in [-0.39, 0.29) is 32.6 Å². The first-order chi connectivity index (χ1) is 11.7. The van der Waals surface area contributed by atoms with Gasteiger partial charge in [-0.15, -0.1) is 0 Å². The van der Waals surface area contributed by atoms with E-state index in [9.17, 15) is 19.0 Å². The minimum Gasteiger partial charge on any atom is -0.756 e. The van der Waals surface area contributed by atoms with Crippen molar-refractivity contribution < 1.29 is 37.6 Å². The SMILES string of the molecule is C=C(C)C(=O)OCCCCOP(=O)([O-])OCCCCOC(=O)C(=C)C.[NH4+]. The maximum absolute atomic E-state index is 11.5. The predicted molar refractivity (Wildman–Crippen MR) is 95.5 cm³/mol. The Hall–Kier alpha value is -1.51. The highest BCUT2D eigenvalue weighted by Crippen LogP contribution is 2.38. The van der Waals surface area contributed by atoms with Gasteiger partial charge in [-0.1, -0.05) is 13.2 Å². The molecular weight excluding hydrogens is 365 g/mol. The van der Waals surface area contributed by atoms with Crippen LogP contribution in [0.4, 0.5) is 0 Å². The van der Waals surface area contributed by atoms with E-state index in [1.807, 2.05) is 0 Å². The van der Waals surface area contributed by atoms with Crippen LogP contribution in [-0.4, -0.2) is 38.4 Å². The maximum Gasteiger partial charge on any atom is 0.333 e. The van der Waals surface area contributed by atoms with Crippen molar-refractivity contribution in [2.75, 3.05) is 26.4 Å². The van der Waals surface area contributed by atoms with Crippen molar-refractivity contribution in [2.24, 2.45) is 0 Å². The van der Waals surface area contributed by atoms with Gasteiger partial charge in [0.2, 0.25) is 0 Å². The summed E-state index contributed by atoms with van der Waals surface area (Å²) < 4.78 is 30.6. The number of phosphoric ester groups is 1. The number of unbranched alkanes of at least 4 members (excludes halogenated alkanes) is 2. The Morgan fingerprint density at radius 3 is 1.42 bits per heavy atom. The average molecular weight is 395 g/mol. The minimum absolute atomic E-state index is 0. The lowest BCUT2D eigenvalue weighted by Crippen LogP contribution is -2.11. The van der Waals surface area contributed by atoms with Gasteiger partial charge in [0, 0.05) is 11.1 Å². The molecule has 10 heteroatoms. The van der Waals surface area contributed by atoms with Gasteiger partial charge >= 0.3 is 11.9 Å². The first-order valence-electron chi connectivity index (χ1n) is 7.91. The van der Waals surface area contributed by atoms with Crippen LogP contribution in [0.1, 0.15) is 39.5 Å². The zero-order chi connectivity index (χ0) is 19.3. The van der Waals surface area contributed by atoms with E-state index in [0.29, 0.717) is 36.8 Å². The fraction of sp³-hybridized carbons (Fsp3) is 0.625. The number of phosphoric acid groups is 1. The van der Waals surface area contributed by atoms with Crippen LogP contribution in [-0.2, 0) is 32.7 Å². The summed E-state index contributed by atoms with van der Waals surface area (Å²) in [5.41, 5.74) is 0.617. The highest BCUT2D eigenvalue weighted by molar-refractivity contribution is 7.45. The van der Waals surface area contributed by atoms with Crippen molar-refractivity contribution >= 4 is 19.8 Å². The third-order valence-electron chi connectivity index (χ3n) is 2.74. The molecule has 0 radical (unpaired) electrons. The van der Waals surface area contributed by atoms with Crippen LogP contribution in [0.25, 0.3) is 0 Å². The Morgan fingerprint density at radius 2 is 1.12 bits per heavy atom. The summed E-state index contributed by atoms with van der Waals surface area (Å²) in [4.78, 5) is 33.7. The number of carbonyl (C=O) groups is 2. The van der Waals surface area contributed by atoms with Gasteiger partial charge in [0.25, 0.3) is 7.82 Å². The van der Waals surface area contributed by atoms with E-state index in [4.69, 9.17) is 9.47 Å². The second kappa shape index (κ2) is 14.6. The van der Waals surface area contributed by atoms with Crippen molar-refractivity contribution in [1.82, 2.24) is 6.15 Å². The van der Waals surface area contributed by atoms with Crippen molar-refractivity contribution in [2.45, 2.75) is 39.5 Å². The van der Waals surface area contributed by atoms with Gasteiger partial charge in [0.15, 0.2) is 0 Å². The molecule has 0 aromatic rings. The molecule has 0 fully saturated rings. The number of ether oxygens (including phenoxy) is 2. The largest absolute Gasteiger partial charge is 0.756 e. The van der Waals surface area contributed by atoms with Crippen LogP contribution in [0.2, 0.25) is 0 Å². The fourth-order valence-electron chi connectivity index (χ4n) is 1.37. The molecule has 0 bridgehead atoms. The van der Waals surface area contributed by atoms with Gasteiger partial charge in [-0.2, -0.15) is 0 Å². The molecule has 0 spiro atoms. The monoisotopic (exact) mass is 395 g/mol. The molecule has 0 aromatic carbocycles. The van der Waals surface area contributed by atoms with E-state index >= 15 is 0 Å². The number of quaternary nitrogens is 1. The smallest absolute Gasteiger partial charge is 0.333 e. The highest BCUT2D eigenvalue weighted by atomic mass is 31.2. The molecule has 0 aliphatic heterocycles. The lowest BCUT2D eigenvalue weighted by atomic mass is 10.3. The standard InChI is InChI=1S/C16H27O8P.H3N/c1-13(2)15(17)21-9-5-7-11-23-25(19,20)24-12-8-6-10-22-16(18)14(3)4;/h1,3,5-12H2,2,4H3,(H,19,20);1H3. The molecule has 0 aliphatic rings. The molecule has 0 atom stereocenters. The van der Waals surface area contributed by atoms with E-state index < -0.39 is 19.8 Å². The Labute approximate surface area is 154 Å². The molecule has 0 saturated carbocycles. The number of hydrogen-bond donors (Lipinski definition) is 1. The Balaban J connectivity index is 0. The van der Waals surface area contributed by atoms with E-state index in [1.165, 1.54) is 0 Å². The van der Waals surface area contributed by atoms with Gasteiger partial charge in [0.05, 0.1) is 26.4 Å². The molecule has 4 N–H and O–H groups in total. The summed E-state index contributed by atoms with van der Waals surface area (Å²) in [6, 6.07) is 0. The number of hydrogen-bond acceptors (Lipinski definition) is 8. The summed E-state index contributed by atoms with van der Waals surface area (Å²) >= 11 is 0. The quantitative estimate of drug-likeness (QED) is 0.204. The number of carbonyl (C=O) groups excluding carboxylic acids is 2. The van der Waals surface area contributed by atoms with Gasteiger partial charge < -0.3 is 29.6 Å². The van der Waals surface area contributed by atoms with E-state index in [0.717, 1.165) is 0 Å². The molecule has 0 unspecified atom stereocenters. The van der Waals surface area contributed by atoms with Crippen LogP contribution in [0.5, 0.6) is 0 Å². The first-order valence-corrected chi connectivity index (χ1v) is 9.37. The summed E-state index contributed by atoms with van der Waals surface area (Å²) in [6.07, 6.45) is 1.73. The molecule has 0 rings (SSSR count). The third-order valence-corrected chi connectivity index (χ3v) is 3.74. The molecule has 0 aliphatic carbocycles. The molecule has 9 nitrogen and oxygen atoms in total. The Bertz CT molecular complexity index is 478. The third kappa shape index (κ3) is 14.8. The summed E-state index contributed by atoms with van der Waals surface area (Å²) in [6.45, 7) is 10.2. The van der Waals surface area contributed by atoms with Crippen LogP contribution < -0.4 is 11.0 Å². The van der Waals surface area contributed by atoms with Crippen molar-refractivity contribution in [3.63, 3.8) is 0 Å². The molecular formula is C16H30NO8P. The lowest BCUT2D eigenvalue weighted by molar-refractivity contribution is -0.225. The van der Waals surface area contributed by atoms with Crippen molar-refractivity contribution in [1.29, 1.82) is 0 Å². The zero-order valence-electron chi connectivity index (χ0n) is 15.8. The zero-order valence-corrected chi connectivity index (χ0v) is 16.7. The van der Waals surface area contributed by atoms with Crippen LogP contribution in [0.3, 0.4) is 0 Å². The van der Waals surface area contributed by atoms with Gasteiger partial charge in [-0.05, 0) is 39.5 Å². The van der Waals surface area contributed by atoms with Gasteiger partial charge in [-0.25, -0.2) is 9.59 Å². The van der Waals surface area contributed by atoms with Crippen LogP contribution in [0.15, 0.2) is 24.3 Å². The molecule has 152 valence electrons. The summed E-state index contributed by atoms with van der Waals surface area (Å²) in [5.74, 6) is -0.958. The summed E-state index contributed by atoms with van der Waals surface area (Å²) in [5, 5.41) is 0. The second-order valence-corrected chi connectivity index (χ2v) is 6.77. The van der Waals surface area contributed by atoms with Gasteiger partial charge in [-0.3, -0.25) is 4.57 Å². The molecule has 0 heterocycles. The predicted octanol–water partition coefficient (Wildman–Crippen LogP) is 2.66. The Kier molecular flexibility index (Phi) is 15.0. The molecule has 0 saturated heterocycles. The number of rotatable bonds is 14. The van der Waals surface area contributed by atoms with E-state index in [2.05, 4.69) is 22.2 Å². The number of esters is 2. The lowest BCUT2D eigenvalue weighted by Gasteiger charge is -2.22. The molecule has 26 heavy (non-hydrogen) atoms. The van der Waals surface area contributed by atoms with Crippen LogP contribution in [0, 0.1) is 0 Å². The molecule has 0 amide bonds. The first kappa shape index (κ1) is 26.7. The van der Waals surface area contributed by atoms with Gasteiger partial charge in [0.1, 0.15) is 0 Å². The van der Waals surface area contributed by atoms with Crippen molar-refractivity contribution in [3.8, 4) is 0 Å². The minimum atomic E-state index is -4.35. The summed E-state index contributed by atoms with van der Waals surface area (Å²) in [7, 11) is -4.35. The van der Waals surface area contributed by atoms with Crippen LogP contribution >= 0.6 is 7.82 Å². The maximum atomic E-state index is 11.5. The second-order valence-electron chi connectivity index (χ2n) is 5.36. The normalized spacial score (nSPS) is 10.6.